The molecule has 0 bridgehead atoms. The summed E-state index contributed by atoms with van der Waals surface area (Å²) in [4.78, 5) is 13.4. The minimum Gasteiger partial charge on any atom is -1.00 e. The molecule has 1 aliphatic rings. The van der Waals surface area contributed by atoms with Crippen LogP contribution in [-0.2, 0) is 4.79 Å². The molecule has 1 rings (SSSR count). The fourth-order valence-corrected chi connectivity index (χ4v) is 3.93. The van der Waals surface area contributed by atoms with Gasteiger partial charge in [0, 0.05) is 0 Å². The Morgan fingerprint density at radius 1 is 1.53 bits per heavy atom. The van der Waals surface area contributed by atoms with Gasteiger partial charge < -0.3 is 7.84 Å². The van der Waals surface area contributed by atoms with Gasteiger partial charge in [-0.1, -0.05) is 29.8 Å². The predicted octanol–water partition coefficient (Wildman–Crippen LogP) is -3.62. The van der Waals surface area contributed by atoms with Crippen LogP contribution in [0.25, 0.3) is 0 Å². The van der Waals surface area contributed by atoms with Crippen LogP contribution in [0.5, 0.6) is 0 Å². The van der Waals surface area contributed by atoms with Gasteiger partial charge in [0.15, 0.2) is 14.6 Å². The number of carbonyl (C=O) groups is 1. The molecule has 0 aromatic carbocycles. The third-order valence-corrected chi connectivity index (χ3v) is 5.46. The van der Waals surface area contributed by atoms with Crippen LogP contribution in [0.2, 0.25) is 13.1 Å². The quantitative estimate of drug-likeness (QED) is 0.377. The molecule has 5 heteroatoms. The summed E-state index contributed by atoms with van der Waals surface area (Å²) in [6.45, 7) is 6.52. The second-order valence-electron chi connectivity index (χ2n) is 3.85. The minimum atomic E-state index is -1.66. The van der Waals surface area contributed by atoms with Gasteiger partial charge in [0.25, 0.3) is 0 Å². The molecule has 1 N–H and O–H groups in total. The van der Waals surface area contributed by atoms with Crippen molar-refractivity contribution >= 4 is 14.6 Å². The molecule has 0 radical (unpaired) electrons. The van der Waals surface area contributed by atoms with Gasteiger partial charge in [-0.05, 0) is 25.9 Å². The number of rotatable bonds is 4. The van der Waals surface area contributed by atoms with Crippen LogP contribution >= 0.6 is 0 Å². The van der Waals surface area contributed by atoms with Gasteiger partial charge in [0.1, 0.15) is 0 Å². The van der Waals surface area contributed by atoms with Crippen LogP contribution in [0.4, 0.5) is 0 Å². The average molecular weight is 211 g/mol. The first-order valence-corrected chi connectivity index (χ1v) is 7.72. The molecule has 0 saturated heterocycles. The van der Waals surface area contributed by atoms with Crippen LogP contribution in [0.1, 0.15) is 22.6 Å². The zero-order valence-corrected chi connectivity index (χ0v) is 11.6. The normalized spacial score (nSPS) is 14.3. The van der Waals surface area contributed by atoms with Crippen LogP contribution < -0.4 is 42.7 Å². The number of hydrogen-bond donors (Lipinski definition) is 1. The number of amides is 1. The summed E-state index contributed by atoms with van der Waals surface area (Å²) in [6, 6.07) is 0. The van der Waals surface area contributed by atoms with Crippen molar-refractivity contribution in [2.45, 2.75) is 32.9 Å². The molecule has 0 aromatic rings. The Morgan fingerprint density at radius 2 is 2.13 bits per heavy atom. The summed E-state index contributed by atoms with van der Waals surface area (Å²) < 4.78 is 0. The Kier molecular flexibility index (Phi) is 9.00. The summed E-state index contributed by atoms with van der Waals surface area (Å²) in [5, 5.41) is 1.47. The molecular weight excluding hydrogens is 192 g/mol. The molecule has 15 heavy (non-hydrogen) atoms. The molecule has 0 aromatic heterocycles. The summed E-state index contributed by atoms with van der Waals surface area (Å²) in [7, 11) is -1.66. The second kappa shape index (κ2) is 7.61. The Labute approximate surface area is 120 Å². The van der Waals surface area contributed by atoms with E-state index >= 15 is 0 Å². The van der Waals surface area contributed by atoms with E-state index in [1.807, 2.05) is 0 Å². The third kappa shape index (κ3) is 4.39. The van der Waals surface area contributed by atoms with Crippen molar-refractivity contribution in [2.75, 3.05) is 0 Å². The fraction of sp³-hybridized carbons (Fsp3) is 0.500. The van der Waals surface area contributed by atoms with Gasteiger partial charge in [-0.15, -0.1) is 0 Å². The van der Waals surface area contributed by atoms with Crippen molar-refractivity contribution in [3.8, 4) is 0 Å². The van der Waals surface area contributed by atoms with Crippen molar-refractivity contribution in [1.82, 2.24) is 4.98 Å². The maximum absolute atomic E-state index is 10.5. The maximum Gasteiger partial charge on any atom is 1.00 e. The zero-order valence-electron chi connectivity index (χ0n) is 12.6. The first-order valence-electron chi connectivity index (χ1n) is 4.72. The third-order valence-electron chi connectivity index (χ3n) is 2.58. The molecule has 0 unspecified atom stereocenters. The Balaban J connectivity index is -0.000000211. The standard InChI is InChI=1S/C10H17NOSi.2Li.2H/c1-4-9-6-5-7-10(9)13(2,3)11-8-12;;;;/h5-6,8H,4,7H2,1-3H3,(H,11,12);;;;/q;2*+1;2*-1. The van der Waals surface area contributed by atoms with E-state index in [1.54, 1.807) is 0 Å². The van der Waals surface area contributed by atoms with Crippen LogP contribution in [0.15, 0.2) is 22.9 Å². The van der Waals surface area contributed by atoms with E-state index in [-0.39, 0.29) is 40.6 Å². The van der Waals surface area contributed by atoms with Crippen molar-refractivity contribution in [1.29, 1.82) is 0 Å². The summed E-state index contributed by atoms with van der Waals surface area (Å²) >= 11 is 0. The predicted molar refractivity (Wildman–Crippen MR) is 60.0 cm³/mol. The molecule has 0 saturated carbocycles. The molecule has 0 atom stereocenters. The van der Waals surface area contributed by atoms with Gasteiger partial charge >= 0.3 is 37.7 Å². The Bertz CT molecular complexity index is 283. The SMILES string of the molecule is CCC1=C([Si](C)(C)NC=O)CC=C1.[H-].[H-].[Li+].[Li+]. The largest absolute Gasteiger partial charge is 1.00 e. The van der Waals surface area contributed by atoms with Gasteiger partial charge in [-0.3, -0.25) is 4.79 Å². The van der Waals surface area contributed by atoms with E-state index in [9.17, 15) is 4.79 Å². The van der Waals surface area contributed by atoms with Gasteiger partial charge in [-0.2, -0.15) is 0 Å². The molecule has 1 aliphatic carbocycles. The first kappa shape index (κ1) is 17.7. The molecule has 0 heterocycles. The van der Waals surface area contributed by atoms with E-state index in [2.05, 4.69) is 37.2 Å². The van der Waals surface area contributed by atoms with Crippen molar-refractivity contribution in [2.24, 2.45) is 0 Å². The molecule has 2 nitrogen and oxygen atoms in total. The average Bonchev–Trinajstić information content (AvgIpc) is 2.51. The van der Waals surface area contributed by atoms with E-state index in [0.717, 1.165) is 19.3 Å². The molecule has 1 amide bonds. The Hall–Kier alpha value is 0.362. The molecule has 0 aliphatic heterocycles. The van der Waals surface area contributed by atoms with Crippen LogP contribution in [0.3, 0.4) is 0 Å². The van der Waals surface area contributed by atoms with Crippen LogP contribution in [-0.4, -0.2) is 14.6 Å². The monoisotopic (exact) mass is 211 g/mol. The van der Waals surface area contributed by atoms with Gasteiger partial charge in [0.2, 0.25) is 0 Å². The fourth-order valence-electron chi connectivity index (χ4n) is 1.77. The maximum atomic E-state index is 10.5. The summed E-state index contributed by atoms with van der Waals surface area (Å²) in [5.74, 6) is 0. The number of nitrogens with one attached hydrogen (secondary N) is 1. The van der Waals surface area contributed by atoms with E-state index < -0.39 is 8.24 Å². The number of allylic oxidation sites excluding steroid dienone is 4. The van der Waals surface area contributed by atoms with Crippen LogP contribution in [0, 0.1) is 0 Å². The van der Waals surface area contributed by atoms with E-state index in [4.69, 9.17) is 0 Å². The smallest absolute Gasteiger partial charge is 1.00 e. The number of hydrogen-bond acceptors (Lipinski definition) is 1. The second-order valence-corrected chi connectivity index (χ2v) is 7.99. The summed E-state index contributed by atoms with van der Waals surface area (Å²) in [6.07, 6.45) is 7.32. The zero-order chi connectivity index (χ0) is 9.90. The molecular formula is C10H19Li2NOSi. The van der Waals surface area contributed by atoms with Gasteiger partial charge in [0.05, 0.1) is 0 Å². The molecule has 0 fully saturated rings. The van der Waals surface area contributed by atoms with Crippen molar-refractivity contribution in [3.63, 3.8) is 0 Å². The minimum absolute atomic E-state index is 0. The molecule has 76 valence electrons. The van der Waals surface area contributed by atoms with Crippen molar-refractivity contribution < 1.29 is 45.4 Å². The molecule has 0 spiro atoms. The van der Waals surface area contributed by atoms with E-state index in [0.29, 0.717) is 0 Å². The summed E-state index contributed by atoms with van der Waals surface area (Å²) in [5.41, 5.74) is 1.42. The topological polar surface area (TPSA) is 29.1 Å². The van der Waals surface area contributed by atoms with E-state index in [1.165, 1.54) is 10.8 Å². The number of carbonyl (C=O) groups excluding carboxylic acids is 1. The first-order chi connectivity index (χ1) is 6.11. The van der Waals surface area contributed by atoms with Gasteiger partial charge in [-0.25, -0.2) is 0 Å². The van der Waals surface area contributed by atoms with Crippen molar-refractivity contribution in [3.05, 3.63) is 22.9 Å². The Morgan fingerprint density at radius 3 is 2.60 bits per heavy atom.